The van der Waals surface area contributed by atoms with Gasteiger partial charge in [0.2, 0.25) is 0 Å². The van der Waals surface area contributed by atoms with E-state index < -0.39 is 17.7 Å². The van der Waals surface area contributed by atoms with Gasteiger partial charge in [0, 0.05) is 12.1 Å². The van der Waals surface area contributed by atoms with Gasteiger partial charge in [-0.15, -0.1) is 0 Å². The molecule has 1 rings (SSSR count). The minimum Gasteiger partial charge on any atom is -0.392 e. The highest BCUT2D eigenvalue weighted by molar-refractivity contribution is 5.24. The maximum atomic E-state index is 10.2. The van der Waals surface area contributed by atoms with Gasteiger partial charge in [-0.05, 0) is 44.2 Å². The van der Waals surface area contributed by atoms with E-state index in [0.29, 0.717) is 12.5 Å². The predicted molar refractivity (Wildman–Crippen MR) is 83.7 cm³/mol. The second kappa shape index (κ2) is 7.21. The number of hydrogen-bond donors (Lipinski definition) is 3. The van der Waals surface area contributed by atoms with Crippen LogP contribution in [0.4, 0.5) is 0 Å². The van der Waals surface area contributed by atoms with Crippen LogP contribution in [0.2, 0.25) is 0 Å². The first-order valence-corrected chi connectivity index (χ1v) is 7.42. The number of aliphatic hydroxyl groups is 2. The maximum absolute atomic E-state index is 10.2. The topological polar surface area (TPSA) is 52.5 Å². The van der Waals surface area contributed by atoms with E-state index in [1.54, 1.807) is 6.92 Å². The number of β-amino-alcohol motifs (C(OH)–C–C–N with tert-alkyl or cyclic N) is 1. The predicted octanol–water partition coefficient (Wildman–Crippen LogP) is 2.67. The lowest BCUT2D eigenvalue weighted by Crippen LogP contribution is -2.49. The smallest absolute Gasteiger partial charge is 0.0914 e. The number of hydrogen-bond acceptors (Lipinski definition) is 3. The molecule has 0 heterocycles. The molecule has 0 amide bonds. The summed E-state index contributed by atoms with van der Waals surface area (Å²) in [7, 11) is 0. The Morgan fingerprint density at radius 3 is 2.05 bits per heavy atom. The van der Waals surface area contributed by atoms with Crippen molar-refractivity contribution < 1.29 is 10.2 Å². The third-order valence-corrected chi connectivity index (χ3v) is 3.80. The molecule has 114 valence electrons. The Morgan fingerprint density at radius 1 is 1.05 bits per heavy atom. The van der Waals surface area contributed by atoms with E-state index in [1.807, 2.05) is 26.0 Å². The van der Waals surface area contributed by atoms with E-state index in [1.165, 1.54) is 5.56 Å². The summed E-state index contributed by atoms with van der Waals surface area (Å²) in [5.41, 5.74) is 1.80. The summed E-state index contributed by atoms with van der Waals surface area (Å²) in [6.45, 7) is 10.4. The van der Waals surface area contributed by atoms with Gasteiger partial charge in [0.15, 0.2) is 0 Å². The van der Waals surface area contributed by atoms with Crippen molar-refractivity contribution in [2.45, 2.75) is 58.8 Å². The molecule has 0 fully saturated rings. The van der Waals surface area contributed by atoms with Crippen LogP contribution >= 0.6 is 0 Å². The molecular weight excluding hydrogens is 250 g/mol. The number of rotatable bonds is 7. The lowest BCUT2D eigenvalue weighted by Gasteiger charge is -2.30. The average molecular weight is 279 g/mol. The van der Waals surface area contributed by atoms with Gasteiger partial charge >= 0.3 is 0 Å². The van der Waals surface area contributed by atoms with Crippen LogP contribution in [0.15, 0.2) is 24.3 Å². The van der Waals surface area contributed by atoms with Crippen molar-refractivity contribution in [2.75, 3.05) is 6.54 Å². The van der Waals surface area contributed by atoms with Crippen LogP contribution in [0.5, 0.6) is 0 Å². The largest absolute Gasteiger partial charge is 0.392 e. The Kier molecular flexibility index (Phi) is 6.18. The summed E-state index contributed by atoms with van der Waals surface area (Å²) in [4.78, 5) is 0. The average Bonchev–Trinajstić information content (AvgIpc) is 2.36. The Hall–Kier alpha value is -0.900. The molecule has 3 N–H and O–H groups in total. The van der Waals surface area contributed by atoms with E-state index in [-0.39, 0.29) is 0 Å². The van der Waals surface area contributed by atoms with E-state index in [4.69, 9.17) is 0 Å². The zero-order chi connectivity index (χ0) is 15.3. The second-order valence-electron chi connectivity index (χ2n) is 6.63. The van der Waals surface area contributed by atoms with E-state index >= 15 is 0 Å². The first kappa shape index (κ1) is 17.2. The molecule has 1 aromatic rings. The third kappa shape index (κ3) is 5.23. The molecule has 0 saturated carbocycles. The minimum absolute atomic E-state index is 0.404. The van der Waals surface area contributed by atoms with Crippen molar-refractivity contribution in [1.29, 1.82) is 0 Å². The van der Waals surface area contributed by atoms with Crippen LogP contribution in [0.3, 0.4) is 0 Å². The van der Waals surface area contributed by atoms with Gasteiger partial charge < -0.3 is 15.5 Å². The van der Waals surface area contributed by atoms with Gasteiger partial charge in [-0.3, -0.25) is 0 Å². The quantitative estimate of drug-likeness (QED) is 0.719. The summed E-state index contributed by atoms with van der Waals surface area (Å²) in [5.74, 6) is 0.638. The molecule has 3 heteroatoms. The fourth-order valence-corrected chi connectivity index (χ4v) is 1.97. The van der Waals surface area contributed by atoms with Crippen LogP contribution in [0.25, 0.3) is 0 Å². The monoisotopic (exact) mass is 279 g/mol. The maximum Gasteiger partial charge on any atom is 0.0914 e. The molecule has 0 aliphatic rings. The number of aliphatic hydroxyl groups excluding tert-OH is 2. The lowest BCUT2D eigenvalue weighted by atomic mass is 9.97. The molecule has 0 aromatic heterocycles. The van der Waals surface area contributed by atoms with Gasteiger partial charge in [-0.25, -0.2) is 0 Å². The summed E-state index contributed by atoms with van der Waals surface area (Å²) in [6.07, 6.45) is 0.0354. The third-order valence-electron chi connectivity index (χ3n) is 3.80. The lowest BCUT2D eigenvalue weighted by molar-refractivity contribution is 0.0804. The molecule has 0 aliphatic heterocycles. The van der Waals surface area contributed by atoms with E-state index in [2.05, 4.69) is 31.3 Å². The van der Waals surface area contributed by atoms with Crippen LogP contribution in [0, 0.1) is 5.92 Å². The van der Waals surface area contributed by atoms with Gasteiger partial charge in [-0.1, -0.05) is 38.1 Å². The first-order valence-electron chi connectivity index (χ1n) is 7.42. The zero-order valence-electron chi connectivity index (χ0n) is 13.4. The summed E-state index contributed by atoms with van der Waals surface area (Å²) < 4.78 is 0. The van der Waals surface area contributed by atoms with Crippen molar-refractivity contribution >= 4 is 0 Å². The van der Waals surface area contributed by atoms with Crippen LogP contribution in [0.1, 0.15) is 51.8 Å². The Balaban J connectivity index is 2.57. The van der Waals surface area contributed by atoms with Crippen LogP contribution in [-0.4, -0.2) is 28.4 Å². The van der Waals surface area contributed by atoms with E-state index in [0.717, 1.165) is 12.0 Å². The van der Waals surface area contributed by atoms with Gasteiger partial charge in [0.1, 0.15) is 0 Å². The summed E-state index contributed by atoms with van der Waals surface area (Å²) >= 11 is 0. The van der Waals surface area contributed by atoms with Gasteiger partial charge in [0.05, 0.1) is 12.2 Å². The molecule has 0 saturated heterocycles. The fourth-order valence-electron chi connectivity index (χ4n) is 1.97. The Bertz CT molecular complexity index is 396. The molecule has 0 aliphatic carbocycles. The minimum atomic E-state index is -0.555. The summed E-state index contributed by atoms with van der Waals surface area (Å²) in [6, 6.07) is 8.13. The van der Waals surface area contributed by atoms with Crippen LogP contribution in [-0.2, 0) is 6.42 Å². The number of nitrogens with one attached hydrogen (secondary N) is 1. The fraction of sp³-hybridized carbons (Fsp3) is 0.647. The van der Waals surface area contributed by atoms with Crippen LogP contribution < -0.4 is 5.32 Å². The highest BCUT2D eigenvalue weighted by Gasteiger charge is 2.24. The van der Waals surface area contributed by atoms with Gasteiger partial charge in [0.25, 0.3) is 0 Å². The highest BCUT2D eigenvalue weighted by Crippen LogP contribution is 2.17. The molecule has 2 unspecified atom stereocenters. The molecule has 0 bridgehead atoms. The molecule has 1 aromatic carbocycles. The SMILES string of the molecule is CC(C)Cc1ccc(C(O)CNC(C)(C)C(C)O)cc1. The van der Waals surface area contributed by atoms with Gasteiger partial charge in [-0.2, -0.15) is 0 Å². The second-order valence-corrected chi connectivity index (χ2v) is 6.63. The molecule has 0 radical (unpaired) electrons. The first-order chi connectivity index (χ1) is 9.22. The van der Waals surface area contributed by atoms with Crippen molar-refractivity contribution in [3.63, 3.8) is 0 Å². The van der Waals surface area contributed by atoms with Crippen molar-refractivity contribution in [2.24, 2.45) is 5.92 Å². The highest BCUT2D eigenvalue weighted by atomic mass is 16.3. The molecule has 0 spiro atoms. The molecular formula is C17H29NO2. The van der Waals surface area contributed by atoms with Crippen molar-refractivity contribution in [1.82, 2.24) is 5.32 Å². The molecule has 2 atom stereocenters. The van der Waals surface area contributed by atoms with Crippen molar-refractivity contribution in [3.8, 4) is 0 Å². The summed E-state index contributed by atoms with van der Waals surface area (Å²) in [5, 5.41) is 23.0. The van der Waals surface area contributed by atoms with E-state index in [9.17, 15) is 10.2 Å². The number of benzene rings is 1. The molecule has 3 nitrogen and oxygen atoms in total. The Labute approximate surface area is 123 Å². The Morgan fingerprint density at radius 2 is 1.60 bits per heavy atom. The molecule has 20 heavy (non-hydrogen) atoms. The van der Waals surface area contributed by atoms with Crippen molar-refractivity contribution in [3.05, 3.63) is 35.4 Å². The normalized spacial score (nSPS) is 15.4. The standard InChI is InChI=1S/C17H29NO2/c1-12(2)10-14-6-8-15(9-7-14)16(20)11-18-17(4,5)13(3)19/h6-9,12-13,16,18-20H,10-11H2,1-5H3. The zero-order valence-corrected chi connectivity index (χ0v) is 13.4.